The SMILES string of the molecule is CN1CCN(C)C(C(=O)Cc2ccc(F)c(Cl)c2)C1. The Labute approximate surface area is 117 Å². The number of hydrogen-bond donors (Lipinski definition) is 0. The highest BCUT2D eigenvalue weighted by molar-refractivity contribution is 6.30. The van der Waals surface area contributed by atoms with E-state index in [-0.39, 0.29) is 16.8 Å². The second kappa shape index (κ2) is 5.99. The molecule has 1 heterocycles. The van der Waals surface area contributed by atoms with Crippen molar-refractivity contribution in [3.8, 4) is 0 Å². The first kappa shape index (κ1) is 14.4. The van der Waals surface area contributed by atoms with Crippen LogP contribution in [0.15, 0.2) is 18.2 Å². The summed E-state index contributed by atoms with van der Waals surface area (Å²) in [4.78, 5) is 16.5. The van der Waals surface area contributed by atoms with E-state index < -0.39 is 5.82 Å². The number of Topliss-reactive ketones (excluding diaryl/α,β-unsaturated/α-hetero) is 1. The molecule has 0 aliphatic carbocycles. The van der Waals surface area contributed by atoms with Gasteiger partial charge in [-0.2, -0.15) is 0 Å². The van der Waals surface area contributed by atoms with Gasteiger partial charge in [-0.15, -0.1) is 0 Å². The molecule has 19 heavy (non-hydrogen) atoms. The predicted molar refractivity (Wildman–Crippen MR) is 74.0 cm³/mol. The highest BCUT2D eigenvalue weighted by atomic mass is 35.5. The van der Waals surface area contributed by atoms with Crippen molar-refractivity contribution in [2.75, 3.05) is 33.7 Å². The number of carbonyl (C=O) groups excluding carboxylic acids is 1. The topological polar surface area (TPSA) is 23.6 Å². The molecule has 1 atom stereocenters. The lowest BCUT2D eigenvalue weighted by Gasteiger charge is -2.36. The van der Waals surface area contributed by atoms with Crippen molar-refractivity contribution in [3.05, 3.63) is 34.6 Å². The van der Waals surface area contributed by atoms with E-state index in [1.165, 1.54) is 12.1 Å². The van der Waals surface area contributed by atoms with Crippen LogP contribution in [-0.2, 0) is 11.2 Å². The second-order valence-electron chi connectivity index (χ2n) is 5.15. The van der Waals surface area contributed by atoms with Gasteiger partial charge in [-0.1, -0.05) is 17.7 Å². The van der Waals surface area contributed by atoms with Crippen molar-refractivity contribution in [3.63, 3.8) is 0 Å². The number of rotatable bonds is 3. The van der Waals surface area contributed by atoms with E-state index in [0.717, 1.165) is 25.2 Å². The molecule has 1 aromatic rings. The number of likely N-dealkylation sites (N-methyl/N-ethyl adjacent to an activating group) is 2. The van der Waals surface area contributed by atoms with Crippen LogP contribution < -0.4 is 0 Å². The van der Waals surface area contributed by atoms with Crippen LogP contribution in [0.3, 0.4) is 0 Å². The van der Waals surface area contributed by atoms with Crippen LogP contribution in [-0.4, -0.2) is 55.4 Å². The number of ketones is 1. The number of benzene rings is 1. The quantitative estimate of drug-likeness (QED) is 0.846. The van der Waals surface area contributed by atoms with Crippen LogP contribution in [0.1, 0.15) is 5.56 Å². The van der Waals surface area contributed by atoms with Gasteiger partial charge in [-0.3, -0.25) is 9.69 Å². The molecule has 1 aromatic carbocycles. The molecule has 0 saturated carbocycles. The summed E-state index contributed by atoms with van der Waals surface area (Å²) in [5.74, 6) is -0.302. The zero-order chi connectivity index (χ0) is 14.0. The predicted octanol–water partition coefficient (Wildman–Crippen LogP) is 1.84. The van der Waals surface area contributed by atoms with Crippen molar-refractivity contribution >= 4 is 17.4 Å². The van der Waals surface area contributed by atoms with Gasteiger partial charge in [0.25, 0.3) is 0 Å². The minimum Gasteiger partial charge on any atom is -0.303 e. The molecule has 0 aromatic heterocycles. The fraction of sp³-hybridized carbons (Fsp3) is 0.500. The molecule has 1 unspecified atom stereocenters. The number of halogens is 2. The molecule has 0 amide bonds. The standard InChI is InChI=1S/C14H18ClFN2O/c1-17-5-6-18(2)13(9-17)14(19)8-10-3-4-12(16)11(15)7-10/h3-4,7,13H,5-6,8-9H2,1-2H3. The minimum absolute atomic E-state index is 0.0689. The third-order valence-corrected chi connectivity index (χ3v) is 3.87. The Kier molecular flexibility index (Phi) is 4.55. The second-order valence-corrected chi connectivity index (χ2v) is 5.56. The van der Waals surface area contributed by atoms with Gasteiger partial charge in [0.15, 0.2) is 5.78 Å². The van der Waals surface area contributed by atoms with Gasteiger partial charge in [-0.25, -0.2) is 4.39 Å². The first-order valence-electron chi connectivity index (χ1n) is 6.33. The van der Waals surface area contributed by atoms with Gasteiger partial charge in [0, 0.05) is 26.1 Å². The van der Waals surface area contributed by atoms with Crippen LogP contribution in [0.4, 0.5) is 4.39 Å². The van der Waals surface area contributed by atoms with E-state index in [4.69, 9.17) is 11.6 Å². The number of nitrogens with zero attached hydrogens (tertiary/aromatic N) is 2. The van der Waals surface area contributed by atoms with Crippen LogP contribution >= 0.6 is 11.6 Å². The van der Waals surface area contributed by atoms with E-state index >= 15 is 0 Å². The fourth-order valence-corrected chi connectivity index (χ4v) is 2.53. The molecular formula is C14H18ClFN2O. The third-order valence-electron chi connectivity index (χ3n) is 3.59. The Hall–Kier alpha value is -0.970. The molecule has 0 radical (unpaired) electrons. The Bertz CT molecular complexity index is 481. The van der Waals surface area contributed by atoms with Gasteiger partial charge in [0.05, 0.1) is 11.1 Å². The highest BCUT2D eigenvalue weighted by Gasteiger charge is 2.28. The monoisotopic (exact) mass is 284 g/mol. The maximum absolute atomic E-state index is 13.1. The van der Waals surface area contributed by atoms with E-state index in [1.54, 1.807) is 6.07 Å². The molecule has 1 fully saturated rings. The Morgan fingerprint density at radius 2 is 2.16 bits per heavy atom. The summed E-state index contributed by atoms with van der Waals surface area (Å²) in [6.45, 7) is 2.60. The van der Waals surface area contributed by atoms with Gasteiger partial charge in [0.1, 0.15) is 5.82 Å². The summed E-state index contributed by atoms with van der Waals surface area (Å²) in [6.07, 6.45) is 0.294. The van der Waals surface area contributed by atoms with Crippen molar-refractivity contribution in [2.45, 2.75) is 12.5 Å². The molecule has 0 N–H and O–H groups in total. The first-order valence-corrected chi connectivity index (χ1v) is 6.70. The van der Waals surface area contributed by atoms with Gasteiger partial charge in [0.2, 0.25) is 0 Å². The van der Waals surface area contributed by atoms with E-state index in [2.05, 4.69) is 9.80 Å². The molecule has 5 heteroatoms. The number of carbonyl (C=O) groups is 1. The lowest BCUT2D eigenvalue weighted by molar-refractivity contribution is -0.125. The zero-order valence-electron chi connectivity index (χ0n) is 11.2. The van der Waals surface area contributed by atoms with E-state index in [0.29, 0.717) is 6.42 Å². The Balaban J connectivity index is 2.05. The van der Waals surface area contributed by atoms with Gasteiger partial charge in [-0.05, 0) is 31.8 Å². The molecule has 2 rings (SSSR count). The van der Waals surface area contributed by atoms with Crippen LogP contribution in [0.2, 0.25) is 5.02 Å². The summed E-state index contributed by atoms with van der Waals surface area (Å²) < 4.78 is 13.1. The lowest BCUT2D eigenvalue weighted by Crippen LogP contribution is -2.53. The normalized spacial score (nSPS) is 21.6. The molecule has 1 saturated heterocycles. The van der Waals surface area contributed by atoms with Gasteiger partial charge >= 0.3 is 0 Å². The third kappa shape index (κ3) is 3.53. The molecular weight excluding hydrogens is 267 g/mol. The van der Waals surface area contributed by atoms with E-state index in [1.807, 2.05) is 14.1 Å². The lowest BCUT2D eigenvalue weighted by atomic mass is 10.0. The molecule has 3 nitrogen and oxygen atoms in total. The average Bonchev–Trinajstić information content (AvgIpc) is 2.36. The summed E-state index contributed by atoms with van der Waals surface area (Å²) in [7, 11) is 3.98. The summed E-state index contributed by atoms with van der Waals surface area (Å²) in [5, 5.41) is 0.0689. The largest absolute Gasteiger partial charge is 0.303 e. The average molecular weight is 285 g/mol. The zero-order valence-corrected chi connectivity index (χ0v) is 12.0. The molecule has 0 spiro atoms. The summed E-state index contributed by atoms with van der Waals surface area (Å²) >= 11 is 5.73. The minimum atomic E-state index is -0.451. The maximum atomic E-state index is 13.1. The summed E-state index contributed by atoms with van der Waals surface area (Å²) in [5.41, 5.74) is 0.762. The molecule has 0 bridgehead atoms. The van der Waals surface area contributed by atoms with E-state index in [9.17, 15) is 9.18 Å². The van der Waals surface area contributed by atoms with Gasteiger partial charge < -0.3 is 4.90 Å². The van der Waals surface area contributed by atoms with Crippen LogP contribution in [0, 0.1) is 5.82 Å². The van der Waals surface area contributed by atoms with Crippen molar-refractivity contribution in [1.82, 2.24) is 9.80 Å². The Morgan fingerprint density at radius 1 is 1.42 bits per heavy atom. The maximum Gasteiger partial charge on any atom is 0.155 e. The molecule has 1 aliphatic rings. The van der Waals surface area contributed by atoms with Crippen molar-refractivity contribution < 1.29 is 9.18 Å². The number of hydrogen-bond acceptors (Lipinski definition) is 3. The molecule has 104 valence electrons. The summed E-state index contributed by atoms with van der Waals surface area (Å²) in [6, 6.07) is 4.36. The molecule has 1 aliphatic heterocycles. The van der Waals surface area contributed by atoms with Crippen LogP contribution in [0.5, 0.6) is 0 Å². The van der Waals surface area contributed by atoms with Crippen LogP contribution in [0.25, 0.3) is 0 Å². The van der Waals surface area contributed by atoms with Crippen molar-refractivity contribution in [2.24, 2.45) is 0 Å². The number of piperazine rings is 1. The first-order chi connectivity index (χ1) is 8.97. The smallest absolute Gasteiger partial charge is 0.155 e. The highest BCUT2D eigenvalue weighted by Crippen LogP contribution is 2.18. The fourth-order valence-electron chi connectivity index (χ4n) is 2.33. The van der Waals surface area contributed by atoms with Crippen molar-refractivity contribution in [1.29, 1.82) is 0 Å². The Morgan fingerprint density at radius 3 is 2.84 bits per heavy atom.